The zero-order valence-corrected chi connectivity index (χ0v) is 11.4. The molecule has 1 rings (SSSR count). The summed E-state index contributed by atoms with van der Waals surface area (Å²) in [7, 11) is -3.24. The number of hydrogen-bond acceptors (Lipinski definition) is 3. The van der Waals surface area contributed by atoms with Crippen molar-refractivity contribution in [2.45, 2.75) is 39.2 Å². The molecule has 6 heteroatoms. The first-order valence-electron chi connectivity index (χ1n) is 5.61. The van der Waals surface area contributed by atoms with Crippen molar-refractivity contribution in [1.29, 1.82) is 0 Å². The van der Waals surface area contributed by atoms with Gasteiger partial charge in [0.25, 0.3) is 0 Å². The van der Waals surface area contributed by atoms with E-state index in [2.05, 4.69) is 4.72 Å². The third-order valence-electron chi connectivity index (χ3n) is 2.67. The van der Waals surface area contributed by atoms with Gasteiger partial charge in [-0.05, 0) is 31.1 Å². The van der Waals surface area contributed by atoms with Gasteiger partial charge in [-0.25, -0.2) is 13.1 Å². The van der Waals surface area contributed by atoms with E-state index in [-0.39, 0.29) is 16.8 Å². The zero-order chi connectivity index (χ0) is 12.3. The van der Waals surface area contributed by atoms with Crippen LogP contribution in [-0.2, 0) is 10.0 Å². The van der Waals surface area contributed by atoms with Crippen molar-refractivity contribution in [3.8, 4) is 0 Å². The van der Waals surface area contributed by atoms with Crippen LogP contribution < -0.4 is 10.5 Å². The van der Waals surface area contributed by atoms with Crippen molar-refractivity contribution in [1.82, 2.24) is 4.72 Å². The largest absolute Gasteiger partial charge is 0.392 e. The molecule has 16 heavy (non-hydrogen) atoms. The molecule has 0 spiro atoms. The molecule has 0 bridgehead atoms. The van der Waals surface area contributed by atoms with Gasteiger partial charge in [0.1, 0.15) is 0 Å². The van der Waals surface area contributed by atoms with Crippen molar-refractivity contribution in [2.24, 2.45) is 17.6 Å². The van der Waals surface area contributed by atoms with E-state index in [1.807, 2.05) is 13.8 Å². The molecule has 0 aromatic heterocycles. The molecule has 1 fully saturated rings. The summed E-state index contributed by atoms with van der Waals surface area (Å²) < 4.78 is 26.1. The van der Waals surface area contributed by atoms with E-state index in [4.69, 9.17) is 18.0 Å². The molecule has 1 aliphatic rings. The summed E-state index contributed by atoms with van der Waals surface area (Å²) in [5.74, 6) is 0.836. The molecule has 0 saturated heterocycles. The molecular weight excluding hydrogens is 244 g/mol. The topological polar surface area (TPSA) is 72.2 Å². The molecule has 0 radical (unpaired) electrons. The summed E-state index contributed by atoms with van der Waals surface area (Å²) in [5.41, 5.74) is 5.55. The van der Waals surface area contributed by atoms with Gasteiger partial charge in [0.15, 0.2) is 0 Å². The van der Waals surface area contributed by atoms with Crippen molar-refractivity contribution in [3.63, 3.8) is 0 Å². The highest BCUT2D eigenvalue weighted by molar-refractivity contribution is 7.89. The second kappa shape index (κ2) is 5.42. The lowest BCUT2D eigenvalue weighted by Crippen LogP contribution is -2.45. The Kier molecular flexibility index (Phi) is 4.70. The van der Waals surface area contributed by atoms with E-state index in [1.54, 1.807) is 0 Å². The summed E-state index contributed by atoms with van der Waals surface area (Å²) >= 11 is 4.89. The van der Waals surface area contributed by atoms with E-state index in [9.17, 15) is 8.42 Å². The highest BCUT2D eigenvalue weighted by atomic mass is 32.2. The van der Waals surface area contributed by atoms with Crippen LogP contribution in [0.1, 0.15) is 33.1 Å². The van der Waals surface area contributed by atoms with Crippen LogP contribution in [0.3, 0.4) is 0 Å². The SMILES string of the molecule is CC(C)CCS(=O)(=O)NC(C(N)=S)C1CC1. The molecule has 0 aliphatic heterocycles. The maximum Gasteiger partial charge on any atom is 0.212 e. The molecule has 4 nitrogen and oxygen atoms in total. The molecule has 0 aromatic rings. The molecular formula is C10H20N2O2S2. The lowest BCUT2D eigenvalue weighted by atomic mass is 10.2. The summed E-state index contributed by atoms with van der Waals surface area (Å²) in [6.45, 7) is 4.00. The fourth-order valence-electron chi connectivity index (χ4n) is 1.46. The van der Waals surface area contributed by atoms with Crippen LogP contribution in [0.4, 0.5) is 0 Å². The van der Waals surface area contributed by atoms with Crippen LogP contribution >= 0.6 is 12.2 Å². The minimum Gasteiger partial charge on any atom is -0.392 e. The first-order valence-corrected chi connectivity index (χ1v) is 7.67. The van der Waals surface area contributed by atoms with Gasteiger partial charge in [0.2, 0.25) is 10.0 Å². The van der Waals surface area contributed by atoms with Gasteiger partial charge < -0.3 is 5.73 Å². The first kappa shape index (κ1) is 13.9. The Hall–Kier alpha value is -0.200. The monoisotopic (exact) mass is 264 g/mol. The Balaban J connectivity index is 2.52. The number of sulfonamides is 1. The van der Waals surface area contributed by atoms with Crippen LogP contribution in [0, 0.1) is 11.8 Å². The van der Waals surface area contributed by atoms with Crippen molar-refractivity contribution < 1.29 is 8.42 Å². The van der Waals surface area contributed by atoms with Gasteiger partial charge in [-0.15, -0.1) is 0 Å². The predicted molar refractivity (Wildman–Crippen MR) is 69.7 cm³/mol. The van der Waals surface area contributed by atoms with E-state index in [1.165, 1.54) is 0 Å². The maximum absolute atomic E-state index is 11.8. The average Bonchev–Trinajstić information content (AvgIpc) is 2.94. The number of rotatable bonds is 7. The molecule has 0 aromatic carbocycles. The molecule has 94 valence electrons. The van der Waals surface area contributed by atoms with Gasteiger partial charge in [0.05, 0.1) is 16.8 Å². The molecule has 1 unspecified atom stereocenters. The van der Waals surface area contributed by atoms with E-state index >= 15 is 0 Å². The highest BCUT2D eigenvalue weighted by Crippen LogP contribution is 2.33. The summed E-state index contributed by atoms with van der Waals surface area (Å²) in [6.07, 6.45) is 2.67. The number of nitrogens with one attached hydrogen (secondary N) is 1. The molecule has 1 aliphatic carbocycles. The normalized spacial score (nSPS) is 18.7. The Morgan fingerprint density at radius 3 is 2.44 bits per heavy atom. The van der Waals surface area contributed by atoms with Gasteiger partial charge >= 0.3 is 0 Å². The zero-order valence-electron chi connectivity index (χ0n) is 9.77. The van der Waals surface area contributed by atoms with Gasteiger partial charge in [-0.3, -0.25) is 0 Å². The molecule has 3 N–H and O–H groups in total. The van der Waals surface area contributed by atoms with Gasteiger partial charge in [-0.1, -0.05) is 26.1 Å². The minimum absolute atomic E-state index is 0.149. The van der Waals surface area contributed by atoms with E-state index < -0.39 is 10.0 Å². The summed E-state index contributed by atoms with van der Waals surface area (Å²) in [4.78, 5) is 0.260. The molecule has 1 atom stereocenters. The van der Waals surface area contributed by atoms with Crippen LogP contribution in [0.2, 0.25) is 0 Å². The maximum atomic E-state index is 11.8. The second-order valence-corrected chi connectivity index (χ2v) is 7.18. The van der Waals surface area contributed by atoms with Crippen LogP contribution in [-0.4, -0.2) is 25.2 Å². The molecule has 0 amide bonds. The fourth-order valence-corrected chi connectivity index (χ4v) is 3.39. The number of nitrogens with two attached hydrogens (primary N) is 1. The van der Waals surface area contributed by atoms with Crippen LogP contribution in [0.15, 0.2) is 0 Å². The smallest absolute Gasteiger partial charge is 0.212 e. The van der Waals surface area contributed by atoms with Crippen molar-refractivity contribution in [2.75, 3.05) is 5.75 Å². The van der Waals surface area contributed by atoms with Crippen LogP contribution in [0.25, 0.3) is 0 Å². The molecule has 0 heterocycles. The van der Waals surface area contributed by atoms with Gasteiger partial charge in [-0.2, -0.15) is 0 Å². The summed E-state index contributed by atoms with van der Waals surface area (Å²) in [5, 5.41) is 0. The summed E-state index contributed by atoms with van der Waals surface area (Å²) in [6, 6.07) is -0.341. The second-order valence-electron chi connectivity index (χ2n) is 4.84. The Morgan fingerprint density at radius 2 is 2.06 bits per heavy atom. The van der Waals surface area contributed by atoms with Crippen molar-refractivity contribution >= 4 is 27.2 Å². The quantitative estimate of drug-likeness (QED) is 0.673. The average molecular weight is 264 g/mol. The van der Waals surface area contributed by atoms with Crippen LogP contribution in [0.5, 0.6) is 0 Å². The standard InChI is InChI=1S/C10H20N2O2S2/c1-7(2)5-6-16(13,14)12-9(10(11)15)8-3-4-8/h7-9,12H,3-6H2,1-2H3,(H2,11,15). The minimum atomic E-state index is -3.24. The first-order chi connectivity index (χ1) is 7.32. The Labute approximate surface area is 103 Å². The number of thiocarbonyl (C=S) groups is 1. The Bertz CT molecular complexity index is 348. The third kappa shape index (κ3) is 4.76. The van der Waals surface area contributed by atoms with E-state index in [0.29, 0.717) is 18.3 Å². The third-order valence-corrected chi connectivity index (χ3v) is 4.31. The van der Waals surface area contributed by atoms with E-state index in [0.717, 1.165) is 12.8 Å². The van der Waals surface area contributed by atoms with Gasteiger partial charge in [0, 0.05) is 0 Å². The lowest BCUT2D eigenvalue weighted by molar-refractivity contribution is 0.549. The number of hydrogen-bond donors (Lipinski definition) is 2. The highest BCUT2D eigenvalue weighted by Gasteiger charge is 2.35. The fraction of sp³-hybridized carbons (Fsp3) is 0.900. The molecule has 1 saturated carbocycles. The predicted octanol–water partition coefficient (Wildman–Crippen LogP) is 1.02. The lowest BCUT2D eigenvalue weighted by Gasteiger charge is -2.17. The Morgan fingerprint density at radius 1 is 1.50 bits per heavy atom. The van der Waals surface area contributed by atoms with Crippen molar-refractivity contribution in [3.05, 3.63) is 0 Å².